The highest BCUT2D eigenvalue weighted by Crippen LogP contribution is 2.36. The molecule has 0 atom stereocenters. The molecule has 0 saturated carbocycles. The molecule has 0 aliphatic rings. The van der Waals surface area contributed by atoms with Crippen molar-refractivity contribution in [3.63, 3.8) is 0 Å². The molecule has 0 bridgehead atoms. The lowest BCUT2D eigenvalue weighted by molar-refractivity contribution is 0.419. The third-order valence-corrected chi connectivity index (χ3v) is 3.08. The molecule has 0 heterocycles. The summed E-state index contributed by atoms with van der Waals surface area (Å²) < 4.78 is 11.7. The van der Waals surface area contributed by atoms with Crippen molar-refractivity contribution in [2.75, 3.05) is 0 Å². The molecule has 2 nitrogen and oxygen atoms in total. The fraction of sp³-hybridized carbons (Fsp3) is 0. The number of hydrogen-bond donors (Lipinski definition) is 0. The summed E-state index contributed by atoms with van der Waals surface area (Å²) in [7, 11) is 0. The van der Waals surface area contributed by atoms with Crippen LogP contribution in [0.5, 0.6) is 23.0 Å². The number of ether oxygens (including phenoxy) is 2. The summed E-state index contributed by atoms with van der Waals surface area (Å²) in [5.41, 5.74) is 0. The Hall–Kier alpha value is -2.45. The van der Waals surface area contributed by atoms with E-state index in [1.165, 1.54) is 0 Å². The fourth-order valence-corrected chi connectivity index (χ4v) is 2.04. The summed E-state index contributed by atoms with van der Waals surface area (Å²) >= 11 is 6.05. The summed E-state index contributed by atoms with van der Waals surface area (Å²) in [6.45, 7) is 0. The maximum Gasteiger partial charge on any atom is 0.171 e. The number of rotatable bonds is 4. The Kier molecular flexibility index (Phi) is 4.08. The zero-order valence-electron chi connectivity index (χ0n) is 11.2. The van der Waals surface area contributed by atoms with Crippen LogP contribution in [0.15, 0.2) is 78.9 Å². The monoisotopic (exact) mass is 296 g/mol. The molecular formula is C18H13ClO2. The lowest BCUT2D eigenvalue weighted by Gasteiger charge is -2.12. The van der Waals surface area contributed by atoms with Crippen molar-refractivity contribution in [1.82, 2.24) is 0 Å². The molecule has 0 N–H and O–H groups in total. The molecule has 3 rings (SSSR count). The Labute approximate surface area is 128 Å². The largest absolute Gasteiger partial charge is 0.453 e. The van der Waals surface area contributed by atoms with Crippen LogP contribution in [0.3, 0.4) is 0 Å². The van der Waals surface area contributed by atoms with Gasteiger partial charge in [0.15, 0.2) is 11.5 Å². The maximum atomic E-state index is 6.05. The Balaban J connectivity index is 1.90. The Morgan fingerprint density at radius 3 is 1.67 bits per heavy atom. The van der Waals surface area contributed by atoms with E-state index in [9.17, 15) is 0 Å². The SMILES string of the molecule is Clc1ccc(Oc2ccccc2)c(Oc2ccccc2)c1. The van der Waals surface area contributed by atoms with Crippen LogP contribution >= 0.6 is 11.6 Å². The van der Waals surface area contributed by atoms with Crippen molar-refractivity contribution in [2.24, 2.45) is 0 Å². The molecule has 3 heteroatoms. The van der Waals surface area contributed by atoms with Gasteiger partial charge >= 0.3 is 0 Å². The van der Waals surface area contributed by atoms with Crippen LogP contribution in [0.4, 0.5) is 0 Å². The predicted octanol–water partition coefficient (Wildman–Crippen LogP) is 5.92. The molecule has 0 fully saturated rings. The van der Waals surface area contributed by atoms with E-state index >= 15 is 0 Å². The van der Waals surface area contributed by atoms with Crippen molar-refractivity contribution in [3.05, 3.63) is 83.9 Å². The highest BCUT2D eigenvalue weighted by Gasteiger charge is 2.08. The Bertz CT molecular complexity index is 712. The van der Waals surface area contributed by atoms with Crippen molar-refractivity contribution < 1.29 is 9.47 Å². The van der Waals surface area contributed by atoms with Gasteiger partial charge in [0.25, 0.3) is 0 Å². The average molecular weight is 297 g/mol. The van der Waals surface area contributed by atoms with Crippen LogP contribution in [-0.4, -0.2) is 0 Å². The van der Waals surface area contributed by atoms with Crippen molar-refractivity contribution >= 4 is 11.6 Å². The lowest BCUT2D eigenvalue weighted by atomic mass is 10.3. The Morgan fingerprint density at radius 2 is 1.10 bits per heavy atom. The average Bonchev–Trinajstić information content (AvgIpc) is 2.52. The molecule has 104 valence electrons. The minimum absolute atomic E-state index is 0.581. The van der Waals surface area contributed by atoms with Crippen molar-refractivity contribution in [2.45, 2.75) is 0 Å². The zero-order chi connectivity index (χ0) is 14.5. The Morgan fingerprint density at radius 1 is 0.571 bits per heavy atom. The van der Waals surface area contributed by atoms with Crippen LogP contribution in [0.25, 0.3) is 0 Å². The minimum Gasteiger partial charge on any atom is -0.453 e. The second kappa shape index (κ2) is 6.33. The molecule has 3 aromatic carbocycles. The van der Waals surface area contributed by atoms with E-state index in [4.69, 9.17) is 21.1 Å². The normalized spacial score (nSPS) is 10.1. The molecular weight excluding hydrogens is 284 g/mol. The summed E-state index contributed by atoms with van der Waals surface area (Å²) in [6, 6.07) is 24.4. The summed E-state index contributed by atoms with van der Waals surface area (Å²) in [5, 5.41) is 0.598. The lowest BCUT2D eigenvalue weighted by Crippen LogP contribution is -1.90. The number of halogens is 1. The number of hydrogen-bond acceptors (Lipinski definition) is 2. The quantitative estimate of drug-likeness (QED) is 0.594. The van der Waals surface area contributed by atoms with E-state index < -0.39 is 0 Å². The van der Waals surface area contributed by atoms with Crippen molar-refractivity contribution in [1.29, 1.82) is 0 Å². The van der Waals surface area contributed by atoms with Crippen LogP contribution < -0.4 is 9.47 Å². The molecule has 0 unspecified atom stereocenters. The molecule has 3 aromatic rings. The van der Waals surface area contributed by atoms with Gasteiger partial charge in [-0.2, -0.15) is 0 Å². The van der Waals surface area contributed by atoms with E-state index in [1.807, 2.05) is 60.7 Å². The highest BCUT2D eigenvalue weighted by atomic mass is 35.5. The molecule has 0 radical (unpaired) electrons. The third-order valence-electron chi connectivity index (χ3n) is 2.85. The van der Waals surface area contributed by atoms with Crippen molar-refractivity contribution in [3.8, 4) is 23.0 Å². The fourth-order valence-electron chi connectivity index (χ4n) is 1.88. The summed E-state index contributed by atoms with van der Waals surface area (Å²) in [6.07, 6.45) is 0. The minimum atomic E-state index is 0.581. The zero-order valence-corrected chi connectivity index (χ0v) is 12.0. The van der Waals surface area contributed by atoms with E-state index in [1.54, 1.807) is 18.2 Å². The van der Waals surface area contributed by atoms with E-state index in [2.05, 4.69) is 0 Å². The molecule has 0 aliphatic heterocycles. The highest BCUT2D eigenvalue weighted by molar-refractivity contribution is 6.30. The van der Waals surface area contributed by atoms with Crippen LogP contribution in [0.1, 0.15) is 0 Å². The van der Waals surface area contributed by atoms with Gasteiger partial charge in [0.05, 0.1) is 0 Å². The van der Waals surface area contributed by atoms with Gasteiger partial charge in [-0.25, -0.2) is 0 Å². The van der Waals surface area contributed by atoms with Crippen LogP contribution in [0, 0.1) is 0 Å². The van der Waals surface area contributed by atoms with E-state index in [0.29, 0.717) is 16.5 Å². The van der Waals surface area contributed by atoms with Crippen LogP contribution in [-0.2, 0) is 0 Å². The summed E-state index contributed by atoms with van der Waals surface area (Å²) in [5.74, 6) is 2.68. The first kappa shape index (κ1) is 13.5. The van der Waals surface area contributed by atoms with Gasteiger partial charge in [0.1, 0.15) is 11.5 Å². The molecule has 0 spiro atoms. The smallest absolute Gasteiger partial charge is 0.171 e. The molecule has 0 aromatic heterocycles. The number of benzene rings is 3. The molecule has 21 heavy (non-hydrogen) atoms. The first-order valence-corrected chi connectivity index (χ1v) is 6.94. The van der Waals surface area contributed by atoms with E-state index in [0.717, 1.165) is 11.5 Å². The molecule has 0 saturated heterocycles. The van der Waals surface area contributed by atoms with Gasteiger partial charge in [-0.05, 0) is 36.4 Å². The summed E-state index contributed by atoms with van der Waals surface area (Å²) in [4.78, 5) is 0. The van der Waals surface area contributed by atoms with Gasteiger partial charge < -0.3 is 9.47 Å². The van der Waals surface area contributed by atoms with Gasteiger partial charge in [-0.15, -0.1) is 0 Å². The first-order valence-electron chi connectivity index (χ1n) is 6.56. The first-order chi connectivity index (χ1) is 10.3. The molecule has 0 aliphatic carbocycles. The second-order valence-corrected chi connectivity index (χ2v) is 4.86. The predicted molar refractivity (Wildman–Crippen MR) is 84.5 cm³/mol. The van der Waals surface area contributed by atoms with Crippen LogP contribution in [0.2, 0.25) is 5.02 Å². The van der Waals surface area contributed by atoms with Gasteiger partial charge in [-0.1, -0.05) is 48.0 Å². The van der Waals surface area contributed by atoms with Gasteiger partial charge in [0, 0.05) is 11.1 Å². The third kappa shape index (κ3) is 3.56. The molecule has 0 amide bonds. The second-order valence-electron chi connectivity index (χ2n) is 4.42. The van der Waals surface area contributed by atoms with E-state index in [-0.39, 0.29) is 0 Å². The topological polar surface area (TPSA) is 18.5 Å². The number of para-hydroxylation sites is 2. The van der Waals surface area contributed by atoms with Gasteiger partial charge in [0.2, 0.25) is 0 Å². The van der Waals surface area contributed by atoms with Gasteiger partial charge in [-0.3, -0.25) is 0 Å². The standard InChI is InChI=1S/C18H13ClO2/c19-14-11-12-17(20-15-7-3-1-4-8-15)18(13-14)21-16-9-5-2-6-10-16/h1-13H. The maximum absolute atomic E-state index is 6.05.